The molecule has 0 saturated heterocycles. The van der Waals surface area contributed by atoms with Crippen LogP contribution in [0.2, 0.25) is 0 Å². The van der Waals surface area contributed by atoms with Crippen LogP contribution in [0.1, 0.15) is 24.7 Å². The normalized spacial score (nSPS) is 10.2. The van der Waals surface area contributed by atoms with E-state index in [9.17, 15) is 0 Å². The largest absolute Gasteiger partial charge is 0.484 e. The molecule has 1 heterocycles. The van der Waals surface area contributed by atoms with Crippen molar-refractivity contribution in [2.45, 2.75) is 26.5 Å². The molecule has 0 spiro atoms. The van der Waals surface area contributed by atoms with E-state index in [1.807, 2.05) is 10.7 Å². The molecule has 19 heavy (non-hydrogen) atoms. The Morgan fingerprint density at radius 1 is 1.47 bits per heavy atom. The lowest BCUT2D eigenvalue weighted by Gasteiger charge is -2.08. The van der Waals surface area contributed by atoms with Gasteiger partial charge < -0.3 is 4.74 Å². The van der Waals surface area contributed by atoms with Gasteiger partial charge in [0.05, 0.1) is 5.56 Å². The zero-order valence-corrected chi connectivity index (χ0v) is 12.1. The number of aromatic nitrogens is 3. The summed E-state index contributed by atoms with van der Waals surface area (Å²) < 4.78 is 8.31. The summed E-state index contributed by atoms with van der Waals surface area (Å²) >= 11 is 3.33. The summed E-state index contributed by atoms with van der Waals surface area (Å²) in [7, 11) is 0. The zero-order valence-electron chi connectivity index (χ0n) is 10.5. The Hall–Kier alpha value is -1.87. The number of nitriles is 1. The number of halogens is 1. The fourth-order valence-corrected chi connectivity index (χ4v) is 2.02. The average molecular weight is 321 g/mol. The lowest BCUT2D eigenvalue weighted by Crippen LogP contribution is -2.08. The van der Waals surface area contributed by atoms with Crippen LogP contribution < -0.4 is 4.74 Å². The topological polar surface area (TPSA) is 63.7 Å². The van der Waals surface area contributed by atoms with Crippen LogP contribution in [0.25, 0.3) is 0 Å². The monoisotopic (exact) mass is 320 g/mol. The lowest BCUT2D eigenvalue weighted by atomic mass is 10.2. The maximum absolute atomic E-state index is 9.05. The van der Waals surface area contributed by atoms with Gasteiger partial charge in [-0.3, -0.25) is 0 Å². The van der Waals surface area contributed by atoms with Crippen molar-refractivity contribution in [2.75, 3.05) is 0 Å². The molecular weight excluding hydrogens is 308 g/mol. The summed E-state index contributed by atoms with van der Waals surface area (Å²) in [5.41, 5.74) is 0.496. The molecule has 98 valence electrons. The van der Waals surface area contributed by atoms with E-state index in [1.54, 1.807) is 12.1 Å². The Kier molecular flexibility index (Phi) is 4.53. The molecule has 0 atom stereocenters. The van der Waals surface area contributed by atoms with Gasteiger partial charge in [-0.1, -0.05) is 22.9 Å². The van der Waals surface area contributed by atoms with E-state index in [-0.39, 0.29) is 0 Å². The van der Waals surface area contributed by atoms with Gasteiger partial charge in [-0.2, -0.15) is 10.4 Å². The van der Waals surface area contributed by atoms with Crippen LogP contribution in [0.4, 0.5) is 0 Å². The van der Waals surface area contributed by atoms with Crippen molar-refractivity contribution >= 4 is 15.9 Å². The van der Waals surface area contributed by atoms with Crippen molar-refractivity contribution in [1.29, 1.82) is 5.26 Å². The van der Waals surface area contributed by atoms with Crippen LogP contribution in [0.5, 0.6) is 5.75 Å². The van der Waals surface area contributed by atoms with Gasteiger partial charge in [0.15, 0.2) is 5.82 Å². The maximum atomic E-state index is 9.05. The Labute approximate surface area is 120 Å². The highest BCUT2D eigenvalue weighted by atomic mass is 79.9. The predicted molar refractivity (Wildman–Crippen MR) is 73.5 cm³/mol. The minimum Gasteiger partial charge on any atom is -0.484 e. The SMILES string of the molecule is CCCn1ncnc1COc1ccc(Br)cc1C#N. The predicted octanol–water partition coefficient (Wildman–Crippen LogP) is 2.90. The number of hydrogen-bond donors (Lipinski definition) is 0. The summed E-state index contributed by atoms with van der Waals surface area (Å²) in [5, 5.41) is 13.2. The van der Waals surface area contributed by atoms with Gasteiger partial charge in [0.1, 0.15) is 24.8 Å². The van der Waals surface area contributed by atoms with Crippen LogP contribution in [0.3, 0.4) is 0 Å². The van der Waals surface area contributed by atoms with Crippen molar-refractivity contribution in [3.05, 3.63) is 40.4 Å². The second-order valence-electron chi connectivity index (χ2n) is 3.94. The number of ether oxygens (including phenoxy) is 1. The first-order chi connectivity index (χ1) is 9.24. The third-order valence-corrected chi connectivity index (χ3v) is 3.04. The van der Waals surface area contributed by atoms with Crippen LogP contribution in [0.15, 0.2) is 29.0 Å². The minimum absolute atomic E-state index is 0.302. The van der Waals surface area contributed by atoms with Crippen molar-refractivity contribution in [1.82, 2.24) is 14.8 Å². The molecule has 1 aromatic heterocycles. The molecule has 0 saturated carbocycles. The second kappa shape index (κ2) is 6.34. The van der Waals surface area contributed by atoms with Gasteiger partial charge in [0.25, 0.3) is 0 Å². The Morgan fingerprint density at radius 3 is 3.05 bits per heavy atom. The molecule has 0 aliphatic heterocycles. The standard InChI is InChI=1S/C13H13BrN4O/c1-2-5-18-13(16-9-17-18)8-19-12-4-3-11(14)6-10(12)7-15/h3-4,6,9H,2,5,8H2,1H3. The molecule has 0 bridgehead atoms. The summed E-state index contributed by atoms with van der Waals surface area (Å²) in [6.07, 6.45) is 2.50. The fraction of sp³-hybridized carbons (Fsp3) is 0.308. The lowest BCUT2D eigenvalue weighted by molar-refractivity contribution is 0.285. The summed E-state index contributed by atoms with van der Waals surface area (Å²) in [5.74, 6) is 1.31. The van der Waals surface area contributed by atoms with Crippen LogP contribution >= 0.6 is 15.9 Å². The molecule has 0 unspecified atom stereocenters. The molecule has 0 aliphatic carbocycles. The van der Waals surface area contributed by atoms with E-state index in [4.69, 9.17) is 10.00 Å². The quantitative estimate of drug-likeness (QED) is 0.849. The molecule has 1 aromatic carbocycles. The van der Waals surface area contributed by atoms with Crippen molar-refractivity contribution in [3.63, 3.8) is 0 Å². The molecule has 0 amide bonds. The van der Waals surface area contributed by atoms with E-state index in [2.05, 4.69) is 39.0 Å². The highest BCUT2D eigenvalue weighted by Gasteiger charge is 2.08. The van der Waals surface area contributed by atoms with Gasteiger partial charge >= 0.3 is 0 Å². The van der Waals surface area contributed by atoms with Crippen molar-refractivity contribution in [2.24, 2.45) is 0 Å². The molecule has 0 fully saturated rings. The number of nitrogens with zero attached hydrogens (tertiary/aromatic N) is 4. The number of hydrogen-bond acceptors (Lipinski definition) is 4. The third kappa shape index (κ3) is 3.32. The molecule has 0 radical (unpaired) electrons. The highest BCUT2D eigenvalue weighted by molar-refractivity contribution is 9.10. The Balaban J connectivity index is 2.10. The molecular formula is C13H13BrN4O. The number of aryl methyl sites for hydroxylation is 1. The van der Waals surface area contributed by atoms with Crippen molar-refractivity contribution in [3.8, 4) is 11.8 Å². The van der Waals surface area contributed by atoms with E-state index in [0.29, 0.717) is 17.9 Å². The van der Waals surface area contributed by atoms with E-state index < -0.39 is 0 Å². The van der Waals surface area contributed by atoms with E-state index >= 15 is 0 Å². The maximum Gasteiger partial charge on any atom is 0.164 e. The summed E-state index contributed by atoms with van der Waals surface area (Å²) in [4.78, 5) is 4.16. The van der Waals surface area contributed by atoms with E-state index in [0.717, 1.165) is 23.3 Å². The minimum atomic E-state index is 0.302. The molecule has 0 aliphatic rings. The highest BCUT2D eigenvalue weighted by Crippen LogP contribution is 2.23. The second-order valence-corrected chi connectivity index (χ2v) is 4.86. The van der Waals surface area contributed by atoms with Gasteiger partial charge in [0, 0.05) is 11.0 Å². The van der Waals surface area contributed by atoms with Crippen LogP contribution in [-0.4, -0.2) is 14.8 Å². The van der Waals surface area contributed by atoms with Crippen LogP contribution in [0, 0.1) is 11.3 Å². The van der Waals surface area contributed by atoms with Gasteiger partial charge in [-0.05, 0) is 24.6 Å². The molecule has 2 rings (SSSR count). The number of benzene rings is 1. The molecule has 2 aromatic rings. The Morgan fingerprint density at radius 2 is 2.32 bits per heavy atom. The molecule has 6 heteroatoms. The van der Waals surface area contributed by atoms with Gasteiger partial charge in [-0.15, -0.1) is 0 Å². The Bertz CT molecular complexity index is 603. The first kappa shape index (κ1) is 13.6. The molecule has 0 N–H and O–H groups in total. The average Bonchev–Trinajstić information content (AvgIpc) is 2.85. The third-order valence-electron chi connectivity index (χ3n) is 2.55. The van der Waals surface area contributed by atoms with Gasteiger partial charge in [0.2, 0.25) is 0 Å². The van der Waals surface area contributed by atoms with Gasteiger partial charge in [-0.25, -0.2) is 9.67 Å². The van der Waals surface area contributed by atoms with E-state index in [1.165, 1.54) is 6.33 Å². The first-order valence-electron chi connectivity index (χ1n) is 5.93. The van der Waals surface area contributed by atoms with Crippen LogP contribution in [-0.2, 0) is 13.2 Å². The summed E-state index contributed by atoms with van der Waals surface area (Å²) in [6.45, 7) is 3.19. The van der Waals surface area contributed by atoms with Crippen molar-refractivity contribution < 1.29 is 4.74 Å². The molecule has 5 nitrogen and oxygen atoms in total. The fourth-order valence-electron chi connectivity index (χ4n) is 1.66. The summed E-state index contributed by atoms with van der Waals surface area (Å²) in [6, 6.07) is 7.44. The smallest absolute Gasteiger partial charge is 0.164 e. The zero-order chi connectivity index (χ0) is 13.7. The number of rotatable bonds is 5. The first-order valence-corrected chi connectivity index (χ1v) is 6.73.